The van der Waals surface area contributed by atoms with Crippen LogP contribution in [-0.4, -0.2) is 6.54 Å². The predicted octanol–water partition coefficient (Wildman–Crippen LogP) is 3.63. The first kappa shape index (κ1) is 12.2. The maximum absolute atomic E-state index is 13.7. The second-order valence-corrected chi connectivity index (χ2v) is 4.79. The maximum atomic E-state index is 13.7. The zero-order chi connectivity index (χ0) is 12.1. The summed E-state index contributed by atoms with van der Waals surface area (Å²) in [7, 11) is 0. The molecule has 0 saturated heterocycles. The van der Waals surface area contributed by atoms with Crippen LogP contribution < -0.4 is 5.32 Å². The third-order valence-corrected chi connectivity index (χ3v) is 3.30. The van der Waals surface area contributed by atoms with Crippen LogP contribution in [0.25, 0.3) is 0 Å². The molecule has 0 saturated carbocycles. The lowest BCUT2D eigenvalue weighted by atomic mass is 10.1. The van der Waals surface area contributed by atoms with E-state index in [9.17, 15) is 8.78 Å². The first-order valence-electron chi connectivity index (χ1n) is 5.35. The largest absolute Gasteiger partial charge is 0.306 e. The molecule has 0 spiro atoms. The molecule has 0 unspecified atom stereocenters. The average Bonchev–Trinajstić information content (AvgIpc) is 2.83. The SMILES string of the molecule is FC(F)(CNCc1cccs1)c1ccccc1. The normalized spacial score (nSPS) is 11.6. The van der Waals surface area contributed by atoms with Gasteiger partial charge in [0.1, 0.15) is 0 Å². The summed E-state index contributed by atoms with van der Waals surface area (Å²) < 4.78 is 27.5. The quantitative estimate of drug-likeness (QED) is 0.858. The molecule has 1 heterocycles. The minimum atomic E-state index is -2.82. The van der Waals surface area contributed by atoms with Crippen LogP contribution in [-0.2, 0) is 12.5 Å². The Balaban J connectivity index is 1.90. The van der Waals surface area contributed by atoms with E-state index in [1.807, 2.05) is 17.5 Å². The maximum Gasteiger partial charge on any atom is 0.285 e. The van der Waals surface area contributed by atoms with Crippen LogP contribution in [0, 0.1) is 0 Å². The minimum absolute atomic E-state index is 0.0543. The molecule has 1 aromatic carbocycles. The lowest BCUT2D eigenvalue weighted by molar-refractivity contribution is -0.00337. The van der Waals surface area contributed by atoms with Crippen molar-refractivity contribution in [2.45, 2.75) is 12.5 Å². The summed E-state index contributed by atoms with van der Waals surface area (Å²) in [5.74, 6) is -2.82. The van der Waals surface area contributed by atoms with Gasteiger partial charge < -0.3 is 5.32 Å². The van der Waals surface area contributed by atoms with E-state index in [0.29, 0.717) is 6.54 Å². The van der Waals surface area contributed by atoms with Crippen molar-refractivity contribution in [3.05, 3.63) is 58.3 Å². The fraction of sp³-hybridized carbons (Fsp3) is 0.231. The minimum Gasteiger partial charge on any atom is -0.306 e. The van der Waals surface area contributed by atoms with Gasteiger partial charge >= 0.3 is 0 Å². The summed E-state index contributed by atoms with van der Waals surface area (Å²) in [5, 5.41) is 4.72. The van der Waals surface area contributed by atoms with Crippen LogP contribution in [0.15, 0.2) is 47.8 Å². The van der Waals surface area contributed by atoms with E-state index in [1.165, 1.54) is 12.1 Å². The van der Waals surface area contributed by atoms with Crippen molar-refractivity contribution < 1.29 is 8.78 Å². The fourth-order valence-electron chi connectivity index (χ4n) is 1.54. The van der Waals surface area contributed by atoms with Crippen molar-refractivity contribution in [2.24, 2.45) is 0 Å². The van der Waals surface area contributed by atoms with E-state index in [1.54, 1.807) is 29.5 Å². The van der Waals surface area contributed by atoms with Gasteiger partial charge in [0, 0.05) is 17.0 Å². The summed E-state index contributed by atoms with van der Waals surface area (Å²) in [5.41, 5.74) is 0.0543. The van der Waals surface area contributed by atoms with Gasteiger partial charge in [0.05, 0.1) is 6.54 Å². The van der Waals surface area contributed by atoms with Crippen molar-refractivity contribution in [1.82, 2.24) is 5.32 Å². The molecule has 1 N–H and O–H groups in total. The van der Waals surface area contributed by atoms with E-state index in [0.717, 1.165) is 4.88 Å². The number of alkyl halides is 2. The van der Waals surface area contributed by atoms with Crippen LogP contribution >= 0.6 is 11.3 Å². The third-order valence-electron chi connectivity index (χ3n) is 2.42. The lowest BCUT2D eigenvalue weighted by Gasteiger charge is -2.17. The van der Waals surface area contributed by atoms with Gasteiger partial charge in [-0.1, -0.05) is 36.4 Å². The van der Waals surface area contributed by atoms with Gasteiger partial charge in [0.25, 0.3) is 5.92 Å². The van der Waals surface area contributed by atoms with Crippen LogP contribution in [0.4, 0.5) is 8.78 Å². The molecule has 90 valence electrons. The summed E-state index contributed by atoms with van der Waals surface area (Å²) in [4.78, 5) is 1.06. The fourth-order valence-corrected chi connectivity index (χ4v) is 2.21. The van der Waals surface area contributed by atoms with Crippen molar-refractivity contribution in [3.63, 3.8) is 0 Å². The second kappa shape index (κ2) is 5.38. The zero-order valence-corrected chi connectivity index (χ0v) is 10.0. The van der Waals surface area contributed by atoms with Crippen molar-refractivity contribution in [1.29, 1.82) is 0 Å². The highest BCUT2D eigenvalue weighted by Gasteiger charge is 2.30. The van der Waals surface area contributed by atoms with E-state index in [-0.39, 0.29) is 12.1 Å². The van der Waals surface area contributed by atoms with Crippen molar-refractivity contribution in [3.8, 4) is 0 Å². The van der Waals surface area contributed by atoms with Gasteiger partial charge in [-0.3, -0.25) is 0 Å². The van der Waals surface area contributed by atoms with Crippen LogP contribution in [0.2, 0.25) is 0 Å². The smallest absolute Gasteiger partial charge is 0.285 e. The van der Waals surface area contributed by atoms with Gasteiger partial charge in [-0.25, -0.2) is 0 Å². The molecule has 0 radical (unpaired) electrons. The Bertz CT molecular complexity index is 440. The number of nitrogens with one attached hydrogen (secondary N) is 1. The summed E-state index contributed by atoms with van der Waals surface area (Å²) in [6.45, 7) is 0.148. The highest BCUT2D eigenvalue weighted by Crippen LogP contribution is 2.26. The Kier molecular flexibility index (Phi) is 3.86. The second-order valence-electron chi connectivity index (χ2n) is 3.75. The summed E-state index contributed by atoms with van der Waals surface area (Å²) >= 11 is 1.56. The predicted molar refractivity (Wildman–Crippen MR) is 66.4 cm³/mol. The Hall–Kier alpha value is -1.26. The molecular weight excluding hydrogens is 240 g/mol. The standard InChI is InChI=1S/C13H13F2NS/c14-13(15,11-5-2-1-3-6-11)10-16-9-12-7-4-8-17-12/h1-8,16H,9-10H2. The van der Waals surface area contributed by atoms with E-state index in [2.05, 4.69) is 5.32 Å². The molecule has 0 aliphatic carbocycles. The number of thiophene rings is 1. The number of hydrogen-bond donors (Lipinski definition) is 1. The molecule has 0 aliphatic rings. The Morgan fingerprint density at radius 1 is 1.06 bits per heavy atom. The van der Waals surface area contributed by atoms with Crippen LogP contribution in [0.5, 0.6) is 0 Å². The topological polar surface area (TPSA) is 12.0 Å². The number of benzene rings is 1. The van der Waals surface area contributed by atoms with Gasteiger partial charge in [0.2, 0.25) is 0 Å². The van der Waals surface area contributed by atoms with E-state index >= 15 is 0 Å². The molecule has 4 heteroatoms. The van der Waals surface area contributed by atoms with Crippen molar-refractivity contribution in [2.75, 3.05) is 6.54 Å². The molecule has 2 aromatic rings. The Morgan fingerprint density at radius 3 is 2.47 bits per heavy atom. The van der Waals surface area contributed by atoms with Crippen LogP contribution in [0.3, 0.4) is 0 Å². The van der Waals surface area contributed by atoms with E-state index in [4.69, 9.17) is 0 Å². The number of hydrogen-bond acceptors (Lipinski definition) is 2. The highest BCUT2D eigenvalue weighted by molar-refractivity contribution is 7.09. The molecule has 0 bridgehead atoms. The number of rotatable bonds is 5. The first-order chi connectivity index (χ1) is 8.18. The third kappa shape index (κ3) is 3.35. The molecular formula is C13H13F2NS. The molecule has 1 aromatic heterocycles. The lowest BCUT2D eigenvalue weighted by Crippen LogP contribution is -2.30. The van der Waals surface area contributed by atoms with Crippen molar-refractivity contribution >= 4 is 11.3 Å². The molecule has 2 rings (SSSR count). The van der Waals surface area contributed by atoms with Gasteiger partial charge in [-0.2, -0.15) is 8.78 Å². The highest BCUT2D eigenvalue weighted by atomic mass is 32.1. The monoisotopic (exact) mass is 253 g/mol. The molecule has 17 heavy (non-hydrogen) atoms. The van der Waals surface area contributed by atoms with E-state index < -0.39 is 5.92 Å². The van der Waals surface area contributed by atoms with Crippen LogP contribution in [0.1, 0.15) is 10.4 Å². The summed E-state index contributed by atoms with van der Waals surface area (Å²) in [6.07, 6.45) is 0. The van der Waals surface area contributed by atoms with Gasteiger partial charge in [-0.15, -0.1) is 11.3 Å². The Labute approximate surface area is 103 Å². The summed E-state index contributed by atoms with van der Waals surface area (Å²) in [6, 6.07) is 11.7. The Morgan fingerprint density at radius 2 is 1.82 bits per heavy atom. The molecule has 0 fully saturated rings. The molecule has 0 atom stereocenters. The number of halogens is 2. The zero-order valence-electron chi connectivity index (χ0n) is 9.20. The molecule has 0 aliphatic heterocycles. The van der Waals surface area contributed by atoms with Gasteiger partial charge in [-0.05, 0) is 11.4 Å². The van der Waals surface area contributed by atoms with Gasteiger partial charge in [0.15, 0.2) is 0 Å². The molecule has 1 nitrogen and oxygen atoms in total. The average molecular weight is 253 g/mol. The first-order valence-corrected chi connectivity index (χ1v) is 6.23. The molecule has 0 amide bonds.